The first-order valence-corrected chi connectivity index (χ1v) is 11.1. The number of nitrogens with one attached hydrogen (secondary N) is 2. The Morgan fingerprint density at radius 1 is 1.36 bits per heavy atom. The number of nitrogens with zero attached hydrogens (tertiary/aromatic N) is 2. The first-order chi connectivity index (χ1) is 13.3. The molecule has 2 N–H and O–H groups in total. The Hall–Kier alpha value is -2.26. The van der Waals surface area contributed by atoms with E-state index in [0.717, 1.165) is 36.3 Å². The van der Waals surface area contributed by atoms with Crippen LogP contribution in [0.1, 0.15) is 18.5 Å². The van der Waals surface area contributed by atoms with Gasteiger partial charge in [-0.3, -0.25) is 14.8 Å². The third-order valence-corrected chi connectivity index (χ3v) is 6.54. The van der Waals surface area contributed by atoms with Gasteiger partial charge in [0.2, 0.25) is 5.91 Å². The molecule has 7 nitrogen and oxygen atoms in total. The molecule has 0 aliphatic carbocycles. The minimum Gasteiger partial charge on any atom is -0.351 e. The SMILES string of the molecule is CN(CCCc1cc(-c2ccc(F)cc2)n[nH]1)CC(=O)NC1CCS(=O)(=O)C1. The highest BCUT2D eigenvalue weighted by Crippen LogP contribution is 2.18. The molecular weight excluding hydrogens is 383 g/mol. The average Bonchev–Trinajstić information content (AvgIpc) is 3.22. The molecule has 1 amide bonds. The van der Waals surface area contributed by atoms with Gasteiger partial charge in [0, 0.05) is 17.3 Å². The van der Waals surface area contributed by atoms with Gasteiger partial charge in [-0.05, 0) is 63.2 Å². The Morgan fingerprint density at radius 3 is 2.79 bits per heavy atom. The molecule has 1 aromatic carbocycles. The summed E-state index contributed by atoms with van der Waals surface area (Å²) in [7, 11) is -1.13. The molecule has 1 aromatic heterocycles. The maximum absolute atomic E-state index is 13.0. The first-order valence-electron chi connectivity index (χ1n) is 9.29. The van der Waals surface area contributed by atoms with Crippen molar-refractivity contribution in [3.63, 3.8) is 0 Å². The van der Waals surface area contributed by atoms with Crippen molar-refractivity contribution in [2.75, 3.05) is 31.6 Å². The quantitative estimate of drug-likeness (QED) is 0.688. The zero-order valence-electron chi connectivity index (χ0n) is 15.8. The van der Waals surface area contributed by atoms with Crippen LogP contribution in [0.2, 0.25) is 0 Å². The molecular formula is C19H25FN4O3S. The maximum Gasteiger partial charge on any atom is 0.234 e. The predicted octanol–water partition coefficient (Wildman–Crippen LogP) is 1.38. The highest BCUT2D eigenvalue weighted by atomic mass is 32.2. The summed E-state index contributed by atoms with van der Waals surface area (Å²) in [6.07, 6.45) is 2.11. The number of likely N-dealkylation sites (N-methyl/N-ethyl adjacent to an activating group) is 1. The largest absolute Gasteiger partial charge is 0.351 e. The fourth-order valence-electron chi connectivity index (χ4n) is 3.30. The zero-order chi connectivity index (χ0) is 20.1. The number of amides is 1. The minimum atomic E-state index is -2.99. The summed E-state index contributed by atoms with van der Waals surface area (Å²) in [5.41, 5.74) is 2.61. The Bertz CT molecular complexity index is 912. The molecule has 2 heterocycles. The van der Waals surface area contributed by atoms with Gasteiger partial charge in [0.1, 0.15) is 5.82 Å². The van der Waals surface area contributed by atoms with Crippen molar-refractivity contribution in [1.82, 2.24) is 20.4 Å². The normalized spacial score (nSPS) is 18.5. The fourth-order valence-corrected chi connectivity index (χ4v) is 4.98. The van der Waals surface area contributed by atoms with Crippen molar-refractivity contribution < 1.29 is 17.6 Å². The molecule has 1 aliphatic rings. The number of carbonyl (C=O) groups excluding carboxylic acids is 1. The number of rotatable bonds is 8. The number of benzene rings is 1. The summed E-state index contributed by atoms with van der Waals surface area (Å²) in [5.74, 6) is -0.234. The lowest BCUT2D eigenvalue weighted by atomic mass is 10.1. The third-order valence-electron chi connectivity index (χ3n) is 4.77. The van der Waals surface area contributed by atoms with Gasteiger partial charge in [0.15, 0.2) is 9.84 Å². The average molecular weight is 408 g/mol. The smallest absolute Gasteiger partial charge is 0.234 e. The van der Waals surface area contributed by atoms with Gasteiger partial charge in [-0.1, -0.05) is 0 Å². The van der Waals surface area contributed by atoms with Crippen LogP contribution >= 0.6 is 0 Å². The molecule has 28 heavy (non-hydrogen) atoms. The van der Waals surface area contributed by atoms with Crippen molar-refractivity contribution in [3.8, 4) is 11.3 Å². The highest BCUT2D eigenvalue weighted by molar-refractivity contribution is 7.91. The van der Waals surface area contributed by atoms with Crippen LogP contribution in [0.5, 0.6) is 0 Å². The molecule has 0 bridgehead atoms. The molecule has 0 spiro atoms. The van der Waals surface area contributed by atoms with E-state index in [1.165, 1.54) is 12.1 Å². The molecule has 0 radical (unpaired) electrons. The van der Waals surface area contributed by atoms with Gasteiger partial charge in [-0.15, -0.1) is 0 Å². The van der Waals surface area contributed by atoms with Gasteiger partial charge >= 0.3 is 0 Å². The number of hydrogen-bond acceptors (Lipinski definition) is 5. The second-order valence-corrected chi connectivity index (χ2v) is 9.52. The molecule has 9 heteroatoms. The lowest BCUT2D eigenvalue weighted by Gasteiger charge is -2.17. The van der Waals surface area contributed by atoms with Crippen LogP contribution in [0.3, 0.4) is 0 Å². The second-order valence-electron chi connectivity index (χ2n) is 7.29. The Kier molecular flexibility index (Phi) is 6.46. The van der Waals surface area contributed by atoms with E-state index < -0.39 is 9.84 Å². The Morgan fingerprint density at radius 2 is 2.11 bits per heavy atom. The summed E-state index contributed by atoms with van der Waals surface area (Å²) in [4.78, 5) is 14.0. The number of sulfone groups is 1. The number of aryl methyl sites for hydroxylation is 1. The minimum absolute atomic E-state index is 0.0403. The van der Waals surface area contributed by atoms with Gasteiger partial charge < -0.3 is 5.32 Å². The number of carbonyl (C=O) groups is 1. The molecule has 152 valence electrons. The van der Waals surface area contributed by atoms with Crippen LogP contribution < -0.4 is 5.32 Å². The second kappa shape index (κ2) is 8.83. The van der Waals surface area contributed by atoms with E-state index in [2.05, 4.69) is 15.5 Å². The van der Waals surface area contributed by atoms with Crippen molar-refractivity contribution >= 4 is 15.7 Å². The van der Waals surface area contributed by atoms with E-state index in [0.29, 0.717) is 6.42 Å². The van der Waals surface area contributed by atoms with Crippen molar-refractivity contribution in [2.45, 2.75) is 25.3 Å². The fraction of sp³-hybridized carbons (Fsp3) is 0.474. The number of H-pyrrole nitrogens is 1. The van der Waals surface area contributed by atoms with E-state index in [-0.39, 0.29) is 35.8 Å². The van der Waals surface area contributed by atoms with Crippen LogP contribution in [-0.4, -0.2) is 67.1 Å². The van der Waals surface area contributed by atoms with E-state index in [9.17, 15) is 17.6 Å². The third kappa shape index (κ3) is 5.87. The Labute approximate surface area is 164 Å². The lowest BCUT2D eigenvalue weighted by Crippen LogP contribution is -2.41. The van der Waals surface area contributed by atoms with Crippen molar-refractivity contribution in [2.24, 2.45) is 0 Å². The molecule has 2 aromatic rings. The van der Waals surface area contributed by atoms with Crippen LogP contribution in [-0.2, 0) is 21.1 Å². The number of aromatic nitrogens is 2. The van der Waals surface area contributed by atoms with E-state index in [1.54, 1.807) is 12.1 Å². The van der Waals surface area contributed by atoms with E-state index in [1.807, 2.05) is 18.0 Å². The number of halogens is 1. The van der Waals surface area contributed by atoms with Crippen LogP contribution in [0.4, 0.5) is 4.39 Å². The Balaban J connectivity index is 1.39. The van der Waals surface area contributed by atoms with Crippen LogP contribution in [0.15, 0.2) is 30.3 Å². The summed E-state index contributed by atoms with van der Waals surface area (Å²) >= 11 is 0. The van der Waals surface area contributed by atoms with Gasteiger partial charge in [0.25, 0.3) is 0 Å². The molecule has 1 fully saturated rings. The molecule has 1 atom stereocenters. The van der Waals surface area contributed by atoms with Crippen molar-refractivity contribution in [1.29, 1.82) is 0 Å². The maximum atomic E-state index is 13.0. The molecule has 1 unspecified atom stereocenters. The van der Waals surface area contributed by atoms with Crippen LogP contribution in [0.25, 0.3) is 11.3 Å². The molecule has 1 aliphatic heterocycles. The number of hydrogen-bond donors (Lipinski definition) is 2. The topological polar surface area (TPSA) is 95.2 Å². The summed E-state index contributed by atoms with van der Waals surface area (Å²) < 4.78 is 35.9. The molecule has 3 rings (SSSR count). The van der Waals surface area contributed by atoms with Gasteiger partial charge in [-0.25, -0.2) is 12.8 Å². The van der Waals surface area contributed by atoms with Crippen molar-refractivity contribution in [3.05, 3.63) is 41.8 Å². The van der Waals surface area contributed by atoms with Gasteiger partial charge in [-0.2, -0.15) is 5.10 Å². The van der Waals surface area contributed by atoms with E-state index in [4.69, 9.17) is 0 Å². The zero-order valence-corrected chi connectivity index (χ0v) is 16.6. The standard InChI is InChI=1S/C19H25FN4O3S/c1-24(12-19(25)21-17-8-10-28(26,27)13-17)9-2-3-16-11-18(23-22-16)14-4-6-15(20)7-5-14/h4-7,11,17H,2-3,8-10,12-13H2,1H3,(H,21,25)(H,22,23). The number of aromatic amines is 1. The van der Waals surface area contributed by atoms with E-state index >= 15 is 0 Å². The molecule has 1 saturated heterocycles. The first kappa shape index (κ1) is 20.5. The van der Waals surface area contributed by atoms with Gasteiger partial charge in [0.05, 0.1) is 23.7 Å². The summed E-state index contributed by atoms with van der Waals surface area (Å²) in [5, 5.41) is 10.0. The summed E-state index contributed by atoms with van der Waals surface area (Å²) in [6, 6.07) is 7.88. The monoisotopic (exact) mass is 408 g/mol. The van der Waals surface area contributed by atoms with Crippen LogP contribution in [0, 0.1) is 5.82 Å². The summed E-state index contributed by atoms with van der Waals surface area (Å²) in [6.45, 7) is 0.960. The lowest BCUT2D eigenvalue weighted by molar-refractivity contribution is -0.122. The molecule has 0 saturated carbocycles. The highest BCUT2D eigenvalue weighted by Gasteiger charge is 2.28. The predicted molar refractivity (Wildman–Crippen MR) is 105 cm³/mol.